The minimum atomic E-state index is -4.03. The van der Waals surface area contributed by atoms with Gasteiger partial charge in [0.2, 0.25) is 0 Å². The van der Waals surface area contributed by atoms with Gasteiger partial charge in [0.05, 0.1) is 25.9 Å². The van der Waals surface area contributed by atoms with Gasteiger partial charge in [-0.25, -0.2) is 0 Å². The normalized spacial score (nSPS) is 12.1. The standard InChI is InChI=1S/C28H21N3O4S2/c1-20-27(26(21-12-4-2-5-13-21)29-37(34,35)22-14-6-3-7-15-22)30-19-11-10-17-24(30)28(20)36-25-18-9-8-16-23(25)31(32)33/h2-19H,1H3. The van der Waals surface area contributed by atoms with Crippen LogP contribution in [0.1, 0.15) is 16.8 Å². The molecule has 0 N–H and O–H groups in total. The molecule has 5 aromatic rings. The Labute approximate surface area is 218 Å². The van der Waals surface area contributed by atoms with E-state index in [9.17, 15) is 18.5 Å². The molecule has 0 radical (unpaired) electrons. The Bertz CT molecular complexity index is 1750. The van der Waals surface area contributed by atoms with Gasteiger partial charge in [-0.15, -0.1) is 0 Å². The lowest BCUT2D eigenvalue weighted by Crippen LogP contribution is -2.12. The van der Waals surface area contributed by atoms with Crippen LogP contribution < -0.4 is 0 Å². The van der Waals surface area contributed by atoms with Crippen molar-refractivity contribution in [3.05, 3.63) is 136 Å². The first-order valence-electron chi connectivity index (χ1n) is 11.3. The van der Waals surface area contributed by atoms with E-state index < -0.39 is 14.9 Å². The van der Waals surface area contributed by atoms with Crippen LogP contribution in [-0.4, -0.2) is 23.5 Å². The third-order valence-electron chi connectivity index (χ3n) is 5.83. The number of pyridine rings is 1. The number of para-hydroxylation sites is 1. The molecule has 0 bridgehead atoms. The topological polar surface area (TPSA) is 94.0 Å². The van der Waals surface area contributed by atoms with E-state index >= 15 is 0 Å². The lowest BCUT2D eigenvalue weighted by Gasteiger charge is -2.10. The third-order valence-corrected chi connectivity index (χ3v) is 8.40. The fourth-order valence-electron chi connectivity index (χ4n) is 4.12. The van der Waals surface area contributed by atoms with Crippen molar-refractivity contribution in [1.29, 1.82) is 0 Å². The highest BCUT2D eigenvalue weighted by Crippen LogP contribution is 2.41. The van der Waals surface area contributed by atoms with Gasteiger partial charge < -0.3 is 4.40 Å². The largest absolute Gasteiger partial charge is 0.314 e. The lowest BCUT2D eigenvalue weighted by molar-refractivity contribution is -0.387. The van der Waals surface area contributed by atoms with Crippen LogP contribution >= 0.6 is 11.8 Å². The van der Waals surface area contributed by atoms with Crippen molar-refractivity contribution in [3.63, 3.8) is 0 Å². The van der Waals surface area contributed by atoms with Gasteiger partial charge in [0.15, 0.2) is 0 Å². The highest BCUT2D eigenvalue weighted by molar-refractivity contribution is 7.99. The summed E-state index contributed by atoms with van der Waals surface area (Å²) in [6, 6.07) is 29.4. The van der Waals surface area contributed by atoms with E-state index in [1.54, 1.807) is 36.4 Å². The maximum absolute atomic E-state index is 13.4. The molecular formula is C28H21N3O4S2. The van der Waals surface area contributed by atoms with E-state index in [1.165, 1.54) is 30.0 Å². The minimum Gasteiger partial charge on any atom is -0.314 e. The summed E-state index contributed by atoms with van der Waals surface area (Å²) in [5.41, 5.74) is 3.09. The molecule has 0 fully saturated rings. The Morgan fingerprint density at radius 2 is 1.49 bits per heavy atom. The average Bonchev–Trinajstić information content (AvgIpc) is 3.19. The minimum absolute atomic E-state index is 0.00679. The summed E-state index contributed by atoms with van der Waals surface area (Å²) in [6.45, 7) is 1.88. The van der Waals surface area contributed by atoms with Crippen molar-refractivity contribution < 1.29 is 13.3 Å². The molecule has 0 atom stereocenters. The van der Waals surface area contributed by atoms with Gasteiger partial charge in [-0.05, 0) is 42.8 Å². The molecule has 7 nitrogen and oxygen atoms in total. The van der Waals surface area contributed by atoms with Crippen LogP contribution in [0, 0.1) is 17.0 Å². The van der Waals surface area contributed by atoms with E-state index in [0.717, 1.165) is 16.0 Å². The number of rotatable bonds is 7. The number of nitrogens with zero attached hydrogens (tertiary/aromatic N) is 3. The zero-order chi connectivity index (χ0) is 26.0. The van der Waals surface area contributed by atoms with Crippen LogP contribution in [-0.2, 0) is 10.0 Å². The predicted molar refractivity (Wildman–Crippen MR) is 145 cm³/mol. The number of benzene rings is 3. The summed E-state index contributed by atoms with van der Waals surface area (Å²) in [7, 11) is -4.03. The van der Waals surface area contributed by atoms with E-state index in [0.29, 0.717) is 16.2 Å². The number of fused-ring (bicyclic) bond motifs is 1. The first-order chi connectivity index (χ1) is 17.9. The number of aromatic nitrogens is 1. The Balaban J connectivity index is 1.77. The molecule has 0 saturated carbocycles. The summed E-state index contributed by atoms with van der Waals surface area (Å²) < 4.78 is 33.0. The fraction of sp³-hybridized carbons (Fsp3) is 0.0357. The number of sulfonamides is 1. The molecule has 0 saturated heterocycles. The van der Waals surface area contributed by atoms with Gasteiger partial charge in [-0.2, -0.15) is 12.8 Å². The highest BCUT2D eigenvalue weighted by atomic mass is 32.2. The van der Waals surface area contributed by atoms with Gasteiger partial charge in [-0.3, -0.25) is 10.1 Å². The Morgan fingerprint density at radius 3 is 2.19 bits per heavy atom. The predicted octanol–water partition coefficient (Wildman–Crippen LogP) is 6.53. The van der Waals surface area contributed by atoms with Crippen molar-refractivity contribution >= 4 is 38.7 Å². The van der Waals surface area contributed by atoms with Crippen LogP contribution in [0.25, 0.3) is 5.52 Å². The van der Waals surface area contributed by atoms with E-state index in [2.05, 4.69) is 4.40 Å². The van der Waals surface area contributed by atoms with Crippen LogP contribution in [0.5, 0.6) is 0 Å². The summed E-state index contributed by atoms with van der Waals surface area (Å²) in [4.78, 5) is 12.6. The second kappa shape index (κ2) is 10.0. The third kappa shape index (κ3) is 4.78. The molecular weight excluding hydrogens is 506 g/mol. The SMILES string of the molecule is Cc1c(Sc2ccccc2[N+](=O)[O-])c2ccccn2c1C(=NS(=O)(=O)c1ccccc1)c1ccccc1. The van der Waals surface area contributed by atoms with Gasteiger partial charge in [0, 0.05) is 22.7 Å². The molecule has 184 valence electrons. The van der Waals surface area contributed by atoms with Crippen molar-refractivity contribution in [2.45, 2.75) is 21.6 Å². The fourth-order valence-corrected chi connectivity index (χ4v) is 6.30. The van der Waals surface area contributed by atoms with Crippen LogP contribution in [0.15, 0.2) is 128 Å². The summed E-state index contributed by atoms with van der Waals surface area (Å²) in [5.74, 6) is 0. The lowest BCUT2D eigenvalue weighted by atomic mass is 10.1. The van der Waals surface area contributed by atoms with Gasteiger partial charge in [-0.1, -0.05) is 78.5 Å². The Kier molecular flexibility index (Phi) is 6.64. The molecule has 2 heterocycles. The summed E-state index contributed by atoms with van der Waals surface area (Å²) >= 11 is 1.28. The molecule has 3 aromatic carbocycles. The van der Waals surface area contributed by atoms with Crippen molar-refractivity contribution in [1.82, 2.24) is 4.40 Å². The van der Waals surface area contributed by atoms with Crippen LogP contribution in [0.2, 0.25) is 0 Å². The summed E-state index contributed by atoms with van der Waals surface area (Å²) in [5, 5.41) is 11.7. The Morgan fingerprint density at radius 1 is 0.865 bits per heavy atom. The van der Waals surface area contributed by atoms with Gasteiger partial charge in [0.25, 0.3) is 15.7 Å². The van der Waals surface area contributed by atoms with E-state index in [1.807, 2.05) is 66.1 Å². The van der Waals surface area contributed by atoms with Gasteiger partial charge >= 0.3 is 0 Å². The van der Waals surface area contributed by atoms with Crippen molar-refractivity contribution in [2.24, 2.45) is 4.40 Å². The van der Waals surface area contributed by atoms with Gasteiger partial charge in [0.1, 0.15) is 5.71 Å². The number of hydrogen-bond donors (Lipinski definition) is 0. The average molecular weight is 528 g/mol. The van der Waals surface area contributed by atoms with E-state index in [-0.39, 0.29) is 16.3 Å². The van der Waals surface area contributed by atoms with Crippen molar-refractivity contribution in [3.8, 4) is 0 Å². The monoisotopic (exact) mass is 527 g/mol. The van der Waals surface area contributed by atoms with E-state index in [4.69, 9.17) is 0 Å². The second-order valence-corrected chi connectivity index (χ2v) is 10.8. The molecule has 0 amide bonds. The van der Waals surface area contributed by atoms with Crippen LogP contribution in [0.4, 0.5) is 5.69 Å². The molecule has 5 rings (SSSR count). The Hall–Kier alpha value is -4.21. The first-order valence-corrected chi connectivity index (χ1v) is 13.6. The van der Waals surface area contributed by atoms with Crippen molar-refractivity contribution in [2.75, 3.05) is 0 Å². The maximum atomic E-state index is 13.4. The van der Waals surface area contributed by atoms with Crippen LogP contribution in [0.3, 0.4) is 0 Å². The molecule has 0 spiro atoms. The molecule has 9 heteroatoms. The highest BCUT2D eigenvalue weighted by Gasteiger charge is 2.25. The first kappa shape index (κ1) is 24.5. The molecule has 0 aliphatic rings. The molecule has 0 aliphatic heterocycles. The number of hydrogen-bond acceptors (Lipinski definition) is 5. The number of nitro groups is 1. The number of nitro benzene ring substituents is 1. The molecule has 0 unspecified atom stereocenters. The molecule has 0 aliphatic carbocycles. The quantitative estimate of drug-likeness (QED) is 0.136. The smallest absolute Gasteiger partial charge is 0.283 e. The zero-order valence-corrected chi connectivity index (χ0v) is 21.3. The summed E-state index contributed by atoms with van der Waals surface area (Å²) in [6.07, 6.45) is 1.84. The molecule has 37 heavy (non-hydrogen) atoms. The second-order valence-electron chi connectivity index (χ2n) is 8.18. The maximum Gasteiger partial charge on any atom is 0.283 e. The zero-order valence-electron chi connectivity index (χ0n) is 19.7. The molecule has 2 aromatic heterocycles.